The van der Waals surface area contributed by atoms with Crippen LogP contribution in [0, 0.1) is 17.2 Å². The second-order valence-corrected chi connectivity index (χ2v) is 7.34. The molecule has 1 aromatic carbocycles. The number of rotatable bonds is 3. The molecule has 1 fully saturated rings. The highest BCUT2D eigenvalue weighted by Crippen LogP contribution is 2.27. The minimum Gasteiger partial charge on any atom is -0.208 e. The molecule has 0 saturated heterocycles. The number of sulfonamides is 1. The molecule has 0 aliphatic heterocycles. The van der Waals surface area contributed by atoms with E-state index in [4.69, 9.17) is 16.9 Å². The van der Waals surface area contributed by atoms with E-state index in [1.54, 1.807) is 0 Å². The summed E-state index contributed by atoms with van der Waals surface area (Å²) in [5.74, 6) is 0.316. The van der Waals surface area contributed by atoms with Crippen LogP contribution in [0.1, 0.15) is 38.2 Å². The molecule has 0 spiro atoms. The molecule has 20 heavy (non-hydrogen) atoms. The normalized spacial score (nSPS) is 23.2. The van der Waals surface area contributed by atoms with Gasteiger partial charge in [-0.3, -0.25) is 0 Å². The molecule has 0 aromatic heterocycles. The first-order valence-electron chi connectivity index (χ1n) is 6.66. The Balaban J connectivity index is 2.28. The van der Waals surface area contributed by atoms with E-state index < -0.39 is 10.0 Å². The average Bonchev–Trinajstić information content (AvgIpc) is 2.41. The van der Waals surface area contributed by atoms with Gasteiger partial charge in [0.2, 0.25) is 10.0 Å². The Morgan fingerprint density at radius 3 is 2.70 bits per heavy atom. The van der Waals surface area contributed by atoms with Gasteiger partial charge in [0.1, 0.15) is 4.90 Å². The summed E-state index contributed by atoms with van der Waals surface area (Å²) in [5.41, 5.74) is 0.284. The third-order valence-electron chi connectivity index (χ3n) is 3.77. The van der Waals surface area contributed by atoms with Crippen LogP contribution in [-0.2, 0) is 10.0 Å². The van der Waals surface area contributed by atoms with Gasteiger partial charge in [-0.1, -0.05) is 31.4 Å². The lowest BCUT2D eigenvalue weighted by atomic mass is 9.87. The fourth-order valence-electron chi connectivity index (χ4n) is 2.53. The number of hydrogen-bond donors (Lipinski definition) is 1. The maximum absolute atomic E-state index is 12.4. The fourth-order valence-corrected chi connectivity index (χ4v) is 4.44. The Morgan fingerprint density at radius 1 is 1.35 bits per heavy atom. The van der Waals surface area contributed by atoms with E-state index in [-0.39, 0.29) is 21.5 Å². The number of nitriles is 1. The van der Waals surface area contributed by atoms with Crippen LogP contribution in [0.2, 0.25) is 5.02 Å². The zero-order chi connectivity index (χ0) is 14.8. The molecule has 1 aromatic rings. The summed E-state index contributed by atoms with van der Waals surface area (Å²) in [6.45, 7) is 2.06. The first kappa shape index (κ1) is 15.3. The molecule has 1 N–H and O–H groups in total. The Morgan fingerprint density at radius 2 is 2.05 bits per heavy atom. The van der Waals surface area contributed by atoms with Crippen LogP contribution in [0.15, 0.2) is 23.1 Å². The number of halogens is 1. The molecule has 0 radical (unpaired) electrons. The predicted molar refractivity (Wildman–Crippen MR) is 77.9 cm³/mol. The van der Waals surface area contributed by atoms with Gasteiger partial charge in [-0.2, -0.15) is 5.26 Å². The van der Waals surface area contributed by atoms with Gasteiger partial charge >= 0.3 is 0 Å². The van der Waals surface area contributed by atoms with E-state index in [0.717, 1.165) is 25.7 Å². The number of nitrogens with one attached hydrogen (secondary N) is 1. The van der Waals surface area contributed by atoms with Gasteiger partial charge in [-0.05, 0) is 37.0 Å². The first-order chi connectivity index (χ1) is 9.44. The summed E-state index contributed by atoms with van der Waals surface area (Å²) in [4.78, 5) is -0.0176. The lowest BCUT2D eigenvalue weighted by molar-refractivity contribution is 0.310. The maximum atomic E-state index is 12.4. The molecule has 4 nitrogen and oxygen atoms in total. The van der Waals surface area contributed by atoms with Crippen molar-refractivity contribution < 1.29 is 8.42 Å². The van der Waals surface area contributed by atoms with Gasteiger partial charge in [0.25, 0.3) is 0 Å². The predicted octanol–water partition coefficient (Wildman–Crippen LogP) is 3.07. The van der Waals surface area contributed by atoms with Crippen LogP contribution < -0.4 is 4.72 Å². The van der Waals surface area contributed by atoms with Gasteiger partial charge in [-0.25, -0.2) is 13.1 Å². The third kappa shape index (κ3) is 3.32. The number of nitrogens with zero attached hydrogens (tertiary/aromatic N) is 1. The van der Waals surface area contributed by atoms with Crippen molar-refractivity contribution in [1.29, 1.82) is 5.26 Å². The molecule has 0 bridgehead atoms. The fraction of sp³-hybridized carbons (Fsp3) is 0.500. The highest BCUT2D eigenvalue weighted by molar-refractivity contribution is 7.89. The molecule has 2 rings (SSSR count). The lowest BCUT2D eigenvalue weighted by Crippen LogP contribution is -2.41. The molecule has 0 heterocycles. The Kier molecular flexibility index (Phi) is 4.69. The van der Waals surface area contributed by atoms with Crippen LogP contribution >= 0.6 is 11.6 Å². The SMILES string of the molecule is CC1CCCCC1NS(=O)(=O)c1cc(C#N)ccc1Cl. The summed E-state index contributed by atoms with van der Waals surface area (Å²) in [5, 5.41) is 9.01. The van der Waals surface area contributed by atoms with Crippen molar-refractivity contribution in [3.8, 4) is 6.07 Å². The van der Waals surface area contributed by atoms with Crippen LogP contribution in [0.3, 0.4) is 0 Å². The molecular weight excluding hydrogens is 296 g/mol. The van der Waals surface area contributed by atoms with Gasteiger partial charge in [0.15, 0.2) is 0 Å². The van der Waals surface area contributed by atoms with Crippen LogP contribution in [0.5, 0.6) is 0 Å². The maximum Gasteiger partial charge on any atom is 0.242 e. The smallest absolute Gasteiger partial charge is 0.208 e. The topological polar surface area (TPSA) is 70.0 Å². The molecule has 2 atom stereocenters. The Labute approximate surface area is 124 Å². The lowest BCUT2D eigenvalue weighted by Gasteiger charge is -2.29. The van der Waals surface area contributed by atoms with E-state index in [1.165, 1.54) is 18.2 Å². The van der Waals surface area contributed by atoms with E-state index in [0.29, 0.717) is 5.92 Å². The summed E-state index contributed by atoms with van der Waals surface area (Å²) in [6, 6.07) is 6.13. The van der Waals surface area contributed by atoms with E-state index in [2.05, 4.69) is 11.6 Å². The van der Waals surface area contributed by atoms with Crippen molar-refractivity contribution in [3.05, 3.63) is 28.8 Å². The van der Waals surface area contributed by atoms with E-state index in [1.807, 2.05) is 6.07 Å². The van der Waals surface area contributed by atoms with Gasteiger partial charge in [0, 0.05) is 6.04 Å². The molecule has 0 amide bonds. The van der Waals surface area contributed by atoms with Gasteiger partial charge in [0.05, 0.1) is 16.7 Å². The van der Waals surface area contributed by atoms with Crippen molar-refractivity contribution in [2.24, 2.45) is 5.92 Å². The molecular formula is C14H17ClN2O2S. The zero-order valence-electron chi connectivity index (χ0n) is 11.3. The minimum absolute atomic E-state index is 0.0176. The first-order valence-corrected chi connectivity index (χ1v) is 8.52. The van der Waals surface area contributed by atoms with Crippen LogP contribution in [0.25, 0.3) is 0 Å². The molecule has 6 heteroatoms. The summed E-state index contributed by atoms with van der Waals surface area (Å²) < 4.78 is 27.6. The highest BCUT2D eigenvalue weighted by atomic mass is 35.5. The molecule has 1 saturated carbocycles. The second kappa shape index (κ2) is 6.13. The summed E-state index contributed by atoms with van der Waals surface area (Å²) >= 11 is 5.96. The van der Waals surface area contributed by atoms with Crippen molar-refractivity contribution in [2.45, 2.75) is 43.5 Å². The van der Waals surface area contributed by atoms with Gasteiger partial charge < -0.3 is 0 Å². The molecule has 108 valence electrons. The standard InChI is InChI=1S/C14H17ClN2O2S/c1-10-4-2-3-5-13(10)17-20(18,19)14-8-11(9-16)6-7-12(14)15/h6-8,10,13,17H,2-5H2,1H3. The highest BCUT2D eigenvalue weighted by Gasteiger charge is 2.28. The van der Waals surface area contributed by atoms with Crippen molar-refractivity contribution in [3.63, 3.8) is 0 Å². The molecule has 1 aliphatic carbocycles. The van der Waals surface area contributed by atoms with Crippen molar-refractivity contribution >= 4 is 21.6 Å². The monoisotopic (exact) mass is 312 g/mol. The van der Waals surface area contributed by atoms with Crippen molar-refractivity contribution in [1.82, 2.24) is 4.72 Å². The van der Waals surface area contributed by atoms with E-state index in [9.17, 15) is 8.42 Å². The summed E-state index contributed by atoms with van der Waals surface area (Å²) in [6.07, 6.45) is 4.04. The average molecular weight is 313 g/mol. The number of hydrogen-bond acceptors (Lipinski definition) is 3. The third-order valence-corrected chi connectivity index (χ3v) is 5.74. The van der Waals surface area contributed by atoms with Crippen LogP contribution in [-0.4, -0.2) is 14.5 Å². The minimum atomic E-state index is -3.69. The molecule has 1 aliphatic rings. The molecule has 2 unspecified atom stereocenters. The van der Waals surface area contributed by atoms with Gasteiger partial charge in [-0.15, -0.1) is 0 Å². The number of benzene rings is 1. The largest absolute Gasteiger partial charge is 0.242 e. The van der Waals surface area contributed by atoms with Crippen LogP contribution in [0.4, 0.5) is 0 Å². The quantitative estimate of drug-likeness (QED) is 0.932. The van der Waals surface area contributed by atoms with Crippen molar-refractivity contribution in [2.75, 3.05) is 0 Å². The Bertz CT molecular complexity index is 637. The second-order valence-electron chi connectivity index (χ2n) is 5.25. The Hall–Kier alpha value is -1.09. The van der Waals surface area contributed by atoms with E-state index >= 15 is 0 Å². The zero-order valence-corrected chi connectivity index (χ0v) is 12.8. The summed E-state index contributed by atoms with van der Waals surface area (Å²) in [7, 11) is -3.69.